The molecule has 0 aromatic heterocycles. The third-order valence-electron chi connectivity index (χ3n) is 2.74. The second-order valence-electron chi connectivity index (χ2n) is 6.19. The maximum Gasteiger partial charge on any atom is 0.150 e. The van der Waals surface area contributed by atoms with E-state index in [-0.39, 0.29) is 17.9 Å². The molecule has 0 aliphatic heterocycles. The number of ether oxygens (including phenoxy) is 1. The van der Waals surface area contributed by atoms with Gasteiger partial charge in [-0.2, -0.15) is 0 Å². The normalized spacial score (nSPS) is 12.4. The zero-order valence-electron chi connectivity index (χ0n) is 13.0. The van der Waals surface area contributed by atoms with E-state index in [4.69, 9.17) is 4.74 Å². The number of hydrogen-bond acceptors (Lipinski definition) is 4. The first-order chi connectivity index (χ1) is 9.07. The molecule has 0 bridgehead atoms. The lowest BCUT2D eigenvalue weighted by molar-refractivity contribution is 0.333. The molecule has 0 heterocycles. The molecule has 5 heteroatoms. The lowest BCUT2D eigenvalue weighted by Crippen LogP contribution is -2.35. The summed E-state index contributed by atoms with van der Waals surface area (Å²) in [6.45, 7) is 9.22. The van der Waals surface area contributed by atoms with Crippen LogP contribution in [0.3, 0.4) is 0 Å². The summed E-state index contributed by atoms with van der Waals surface area (Å²) in [5.41, 5.74) is 2.23. The Bertz CT molecular complexity index is 545. The SMILES string of the molecule is Cc1ccc(OCCS(C)(=O)=O)c(CNC(C)(C)C)c1. The fraction of sp³-hybridized carbons (Fsp3) is 0.600. The molecule has 1 rings (SSSR count). The molecular weight excluding hydrogens is 274 g/mol. The molecule has 0 saturated heterocycles. The highest BCUT2D eigenvalue weighted by Gasteiger charge is 2.12. The molecule has 0 spiro atoms. The molecule has 0 unspecified atom stereocenters. The Kier molecular flexibility index (Phi) is 5.59. The van der Waals surface area contributed by atoms with E-state index in [0.29, 0.717) is 6.54 Å². The molecule has 4 nitrogen and oxygen atoms in total. The standard InChI is InChI=1S/C15H25NO3S/c1-12-6-7-14(19-8-9-20(5,17)18)13(10-12)11-16-15(2,3)4/h6-7,10,16H,8-9,11H2,1-5H3. The minimum atomic E-state index is -2.99. The van der Waals surface area contributed by atoms with Crippen molar-refractivity contribution in [1.82, 2.24) is 5.32 Å². The Morgan fingerprint density at radius 2 is 1.90 bits per heavy atom. The van der Waals surface area contributed by atoms with Gasteiger partial charge in [-0.05, 0) is 33.8 Å². The minimum absolute atomic E-state index is 0.0216. The van der Waals surface area contributed by atoms with Gasteiger partial charge in [0.05, 0.1) is 5.75 Å². The van der Waals surface area contributed by atoms with Crippen molar-refractivity contribution < 1.29 is 13.2 Å². The van der Waals surface area contributed by atoms with Crippen LogP contribution in [0.15, 0.2) is 18.2 Å². The Hall–Kier alpha value is -1.07. The maximum absolute atomic E-state index is 11.1. The summed E-state index contributed by atoms with van der Waals surface area (Å²) in [7, 11) is -2.99. The van der Waals surface area contributed by atoms with Gasteiger partial charge in [0.2, 0.25) is 0 Å². The predicted molar refractivity (Wildman–Crippen MR) is 83.0 cm³/mol. The topological polar surface area (TPSA) is 55.4 Å². The predicted octanol–water partition coefficient (Wildman–Crippen LogP) is 2.31. The second kappa shape index (κ2) is 6.59. The van der Waals surface area contributed by atoms with Crippen LogP contribution in [0.2, 0.25) is 0 Å². The van der Waals surface area contributed by atoms with Gasteiger partial charge in [-0.25, -0.2) is 8.42 Å². The van der Waals surface area contributed by atoms with Gasteiger partial charge < -0.3 is 10.1 Å². The Morgan fingerprint density at radius 1 is 1.25 bits per heavy atom. The molecule has 0 aliphatic carbocycles. The first kappa shape index (κ1) is 17.0. The van der Waals surface area contributed by atoms with Gasteiger partial charge in [0.1, 0.15) is 12.4 Å². The minimum Gasteiger partial charge on any atom is -0.492 e. The van der Waals surface area contributed by atoms with Gasteiger partial charge in [-0.1, -0.05) is 17.7 Å². The third kappa shape index (κ3) is 6.91. The van der Waals surface area contributed by atoms with Crippen LogP contribution < -0.4 is 10.1 Å². The number of sulfone groups is 1. The van der Waals surface area contributed by atoms with Crippen LogP contribution >= 0.6 is 0 Å². The summed E-state index contributed by atoms with van der Waals surface area (Å²) in [5, 5.41) is 3.41. The molecule has 114 valence electrons. The average Bonchev–Trinajstić information content (AvgIpc) is 2.26. The molecule has 1 aromatic rings. The van der Waals surface area contributed by atoms with E-state index in [1.165, 1.54) is 6.26 Å². The highest BCUT2D eigenvalue weighted by Crippen LogP contribution is 2.21. The lowest BCUT2D eigenvalue weighted by Gasteiger charge is -2.22. The fourth-order valence-electron chi connectivity index (χ4n) is 1.65. The summed E-state index contributed by atoms with van der Waals surface area (Å²) in [4.78, 5) is 0. The molecular formula is C15H25NO3S. The average molecular weight is 299 g/mol. The monoisotopic (exact) mass is 299 g/mol. The molecule has 20 heavy (non-hydrogen) atoms. The second-order valence-corrected chi connectivity index (χ2v) is 8.45. The lowest BCUT2D eigenvalue weighted by atomic mass is 10.1. The molecule has 0 aliphatic rings. The quantitative estimate of drug-likeness (QED) is 0.876. The van der Waals surface area contributed by atoms with E-state index in [1.54, 1.807) is 0 Å². The highest BCUT2D eigenvalue weighted by molar-refractivity contribution is 7.90. The van der Waals surface area contributed by atoms with E-state index in [2.05, 4.69) is 32.2 Å². The largest absolute Gasteiger partial charge is 0.492 e. The molecule has 0 amide bonds. The smallest absolute Gasteiger partial charge is 0.150 e. The maximum atomic E-state index is 11.1. The van der Waals surface area contributed by atoms with Gasteiger partial charge in [-0.15, -0.1) is 0 Å². The van der Waals surface area contributed by atoms with Gasteiger partial charge in [0, 0.05) is 23.9 Å². The van der Waals surface area contributed by atoms with Crippen LogP contribution in [-0.2, 0) is 16.4 Å². The summed E-state index contributed by atoms with van der Waals surface area (Å²) in [6.07, 6.45) is 1.22. The van der Waals surface area contributed by atoms with Crippen molar-refractivity contribution in [2.75, 3.05) is 18.6 Å². The van der Waals surface area contributed by atoms with Crippen molar-refractivity contribution in [2.24, 2.45) is 0 Å². The number of hydrogen-bond donors (Lipinski definition) is 1. The van der Waals surface area contributed by atoms with Crippen LogP contribution in [0.1, 0.15) is 31.9 Å². The van der Waals surface area contributed by atoms with Crippen LogP contribution in [-0.4, -0.2) is 32.6 Å². The number of rotatable bonds is 6. The summed E-state index contributed by atoms with van der Waals surface area (Å²) >= 11 is 0. The van der Waals surface area contributed by atoms with Gasteiger partial charge in [-0.3, -0.25) is 0 Å². The van der Waals surface area contributed by atoms with Gasteiger partial charge >= 0.3 is 0 Å². The van der Waals surface area contributed by atoms with E-state index in [9.17, 15) is 8.42 Å². The fourth-order valence-corrected chi connectivity index (χ4v) is 2.04. The van der Waals surface area contributed by atoms with E-state index in [0.717, 1.165) is 16.9 Å². The Labute approximate surface area is 122 Å². The number of benzene rings is 1. The third-order valence-corrected chi connectivity index (χ3v) is 3.65. The van der Waals surface area contributed by atoms with Crippen molar-refractivity contribution in [3.05, 3.63) is 29.3 Å². The number of nitrogens with one attached hydrogen (secondary N) is 1. The molecule has 0 atom stereocenters. The van der Waals surface area contributed by atoms with Crippen molar-refractivity contribution >= 4 is 9.84 Å². The van der Waals surface area contributed by atoms with E-state index >= 15 is 0 Å². The van der Waals surface area contributed by atoms with Crippen LogP contribution in [0, 0.1) is 6.92 Å². The van der Waals surface area contributed by atoms with Gasteiger partial charge in [0.15, 0.2) is 9.84 Å². The zero-order chi connectivity index (χ0) is 15.4. The molecule has 0 fully saturated rings. The number of aryl methyl sites for hydroxylation is 1. The highest BCUT2D eigenvalue weighted by atomic mass is 32.2. The van der Waals surface area contributed by atoms with Crippen LogP contribution in [0.5, 0.6) is 5.75 Å². The van der Waals surface area contributed by atoms with Crippen molar-refractivity contribution in [3.8, 4) is 5.75 Å². The zero-order valence-corrected chi connectivity index (χ0v) is 13.8. The van der Waals surface area contributed by atoms with Crippen LogP contribution in [0.25, 0.3) is 0 Å². The first-order valence-corrected chi connectivity index (χ1v) is 8.78. The van der Waals surface area contributed by atoms with E-state index < -0.39 is 9.84 Å². The van der Waals surface area contributed by atoms with Crippen molar-refractivity contribution in [2.45, 2.75) is 39.8 Å². The summed E-state index contributed by atoms with van der Waals surface area (Å²) in [5.74, 6) is 0.781. The molecule has 1 N–H and O–H groups in total. The summed E-state index contributed by atoms with van der Waals surface area (Å²) < 4.78 is 27.9. The van der Waals surface area contributed by atoms with Gasteiger partial charge in [0.25, 0.3) is 0 Å². The van der Waals surface area contributed by atoms with Crippen molar-refractivity contribution in [1.29, 1.82) is 0 Å². The van der Waals surface area contributed by atoms with E-state index in [1.807, 2.05) is 19.1 Å². The first-order valence-electron chi connectivity index (χ1n) is 6.72. The molecule has 0 saturated carbocycles. The Balaban J connectivity index is 2.74. The molecule has 1 aromatic carbocycles. The van der Waals surface area contributed by atoms with Crippen molar-refractivity contribution in [3.63, 3.8) is 0 Å². The molecule has 0 radical (unpaired) electrons. The summed E-state index contributed by atoms with van der Waals surface area (Å²) in [6, 6.07) is 5.93. The van der Waals surface area contributed by atoms with Crippen LogP contribution in [0.4, 0.5) is 0 Å². The Morgan fingerprint density at radius 3 is 2.45 bits per heavy atom.